The van der Waals surface area contributed by atoms with Crippen molar-refractivity contribution < 1.29 is 9.90 Å². The lowest BCUT2D eigenvalue weighted by atomic mass is 9.96. The Balaban J connectivity index is 1.81. The molecule has 1 saturated heterocycles. The maximum Gasteiger partial charge on any atom is 0.230 e. The molecule has 1 saturated carbocycles. The fourth-order valence-electron chi connectivity index (χ4n) is 2.71. The van der Waals surface area contributed by atoms with Crippen LogP contribution in [-0.4, -0.2) is 61.2 Å². The molecule has 2 aliphatic rings. The smallest absolute Gasteiger partial charge is 0.230 e. The molecule has 0 aromatic heterocycles. The van der Waals surface area contributed by atoms with E-state index in [-0.39, 0.29) is 12.5 Å². The Hall–Kier alpha value is -0.610. The molecule has 0 spiro atoms. The first-order chi connectivity index (χ1) is 8.07. The van der Waals surface area contributed by atoms with Crippen LogP contribution >= 0.6 is 0 Å². The number of piperidine rings is 1. The SMILES string of the molecule is CN1CCC(CN(C)C(=O)C2(CO)CC2)CC1. The fraction of sp³-hybridized carbons (Fsp3) is 0.923. The van der Waals surface area contributed by atoms with Crippen LogP contribution in [0, 0.1) is 11.3 Å². The van der Waals surface area contributed by atoms with Crippen molar-refractivity contribution in [2.45, 2.75) is 25.7 Å². The second-order valence-electron chi connectivity index (χ2n) is 5.87. The zero-order chi connectivity index (χ0) is 12.5. The van der Waals surface area contributed by atoms with Gasteiger partial charge in [0.15, 0.2) is 0 Å². The van der Waals surface area contributed by atoms with Crippen molar-refractivity contribution in [3.8, 4) is 0 Å². The van der Waals surface area contributed by atoms with E-state index in [9.17, 15) is 9.90 Å². The van der Waals surface area contributed by atoms with E-state index in [1.807, 2.05) is 11.9 Å². The summed E-state index contributed by atoms with van der Waals surface area (Å²) < 4.78 is 0. The topological polar surface area (TPSA) is 43.8 Å². The van der Waals surface area contributed by atoms with Crippen LogP contribution in [0.25, 0.3) is 0 Å². The van der Waals surface area contributed by atoms with E-state index < -0.39 is 5.41 Å². The number of likely N-dealkylation sites (tertiary alicyclic amines) is 1. The zero-order valence-corrected chi connectivity index (χ0v) is 11.0. The van der Waals surface area contributed by atoms with E-state index in [1.165, 1.54) is 12.8 Å². The van der Waals surface area contributed by atoms with Gasteiger partial charge in [-0.05, 0) is 51.7 Å². The molecule has 0 unspecified atom stereocenters. The summed E-state index contributed by atoms with van der Waals surface area (Å²) in [7, 11) is 4.03. The quantitative estimate of drug-likeness (QED) is 0.781. The first kappa shape index (κ1) is 12.8. The molecule has 0 aromatic rings. The maximum atomic E-state index is 12.2. The Morgan fingerprint density at radius 1 is 1.41 bits per heavy atom. The highest BCUT2D eigenvalue weighted by Gasteiger charge is 2.50. The normalized spacial score (nSPS) is 24.6. The summed E-state index contributed by atoms with van der Waals surface area (Å²) in [4.78, 5) is 16.3. The molecular formula is C13H24N2O2. The first-order valence-corrected chi connectivity index (χ1v) is 6.62. The van der Waals surface area contributed by atoms with Crippen LogP contribution in [-0.2, 0) is 4.79 Å². The number of nitrogens with zero attached hydrogens (tertiary/aromatic N) is 2. The molecule has 0 atom stereocenters. The zero-order valence-electron chi connectivity index (χ0n) is 11.0. The Kier molecular flexibility index (Phi) is 3.73. The third-order valence-electron chi connectivity index (χ3n) is 4.33. The minimum atomic E-state index is -0.403. The van der Waals surface area contributed by atoms with Crippen molar-refractivity contribution in [2.24, 2.45) is 11.3 Å². The van der Waals surface area contributed by atoms with Gasteiger partial charge in [0, 0.05) is 13.6 Å². The number of hydrogen-bond acceptors (Lipinski definition) is 3. The molecule has 17 heavy (non-hydrogen) atoms. The molecule has 1 aliphatic carbocycles. The maximum absolute atomic E-state index is 12.2. The third-order valence-corrected chi connectivity index (χ3v) is 4.33. The summed E-state index contributed by atoms with van der Waals surface area (Å²) in [6.07, 6.45) is 4.08. The number of carbonyl (C=O) groups excluding carboxylic acids is 1. The van der Waals surface area contributed by atoms with Crippen LogP contribution in [0.15, 0.2) is 0 Å². The van der Waals surface area contributed by atoms with Crippen molar-refractivity contribution in [1.82, 2.24) is 9.80 Å². The van der Waals surface area contributed by atoms with E-state index >= 15 is 0 Å². The molecule has 1 N–H and O–H groups in total. The van der Waals surface area contributed by atoms with Gasteiger partial charge in [-0.1, -0.05) is 0 Å². The molecule has 4 nitrogen and oxygen atoms in total. The van der Waals surface area contributed by atoms with E-state index in [0.717, 1.165) is 32.5 Å². The highest BCUT2D eigenvalue weighted by molar-refractivity contribution is 5.85. The Morgan fingerprint density at radius 3 is 2.47 bits per heavy atom. The van der Waals surface area contributed by atoms with Gasteiger partial charge in [-0.25, -0.2) is 0 Å². The van der Waals surface area contributed by atoms with Crippen LogP contribution < -0.4 is 0 Å². The van der Waals surface area contributed by atoms with Crippen molar-refractivity contribution >= 4 is 5.91 Å². The van der Waals surface area contributed by atoms with Gasteiger partial charge in [-0.15, -0.1) is 0 Å². The predicted octanol–water partition coefficient (Wildman–Crippen LogP) is 0.559. The van der Waals surface area contributed by atoms with Crippen LogP contribution in [0.3, 0.4) is 0 Å². The Labute approximate surface area is 104 Å². The van der Waals surface area contributed by atoms with Crippen molar-refractivity contribution in [3.05, 3.63) is 0 Å². The van der Waals surface area contributed by atoms with Gasteiger partial charge in [-0.2, -0.15) is 0 Å². The van der Waals surface area contributed by atoms with Gasteiger partial charge < -0.3 is 14.9 Å². The number of carbonyl (C=O) groups is 1. The van der Waals surface area contributed by atoms with E-state index in [2.05, 4.69) is 11.9 Å². The third kappa shape index (κ3) is 2.80. The number of rotatable bonds is 4. The lowest BCUT2D eigenvalue weighted by Crippen LogP contribution is -2.41. The van der Waals surface area contributed by atoms with Gasteiger partial charge >= 0.3 is 0 Å². The van der Waals surface area contributed by atoms with Gasteiger partial charge in [-0.3, -0.25) is 4.79 Å². The molecule has 1 aliphatic heterocycles. The summed E-state index contributed by atoms with van der Waals surface area (Å²) in [5, 5.41) is 9.26. The summed E-state index contributed by atoms with van der Waals surface area (Å²) in [5.74, 6) is 0.786. The monoisotopic (exact) mass is 240 g/mol. The standard InChI is InChI=1S/C13H24N2O2/c1-14-7-3-11(4-8-14)9-15(2)12(17)13(10-16)5-6-13/h11,16H,3-10H2,1-2H3. The average molecular weight is 240 g/mol. The summed E-state index contributed by atoms with van der Waals surface area (Å²) in [6.45, 7) is 3.15. The molecule has 1 amide bonds. The lowest BCUT2D eigenvalue weighted by molar-refractivity contribution is -0.137. The van der Waals surface area contributed by atoms with E-state index in [4.69, 9.17) is 0 Å². The summed E-state index contributed by atoms with van der Waals surface area (Å²) >= 11 is 0. The van der Waals surface area contributed by atoms with E-state index in [0.29, 0.717) is 5.92 Å². The molecule has 0 aromatic carbocycles. The van der Waals surface area contributed by atoms with Crippen LogP contribution in [0.2, 0.25) is 0 Å². The van der Waals surface area contributed by atoms with Crippen molar-refractivity contribution in [3.63, 3.8) is 0 Å². The fourth-order valence-corrected chi connectivity index (χ4v) is 2.71. The van der Waals surface area contributed by atoms with Gasteiger partial charge in [0.05, 0.1) is 12.0 Å². The molecule has 98 valence electrons. The number of aliphatic hydroxyl groups excluding tert-OH is 1. The molecular weight excluding hydrogens is 216 g/mol. The lowest BCUT2D eigenvalue weighted by Gasteiger charge is -2.32. The van der Waals surface area contributed by atoms with Crippen LogP contribution in [0.5, 0.6) is 0 Å². The highest BCUT2D eigenvalue weighted by Crippen LogP contribution is 2.46. The van der Waals surface area contributed by atoms with Crippen molar-refractivity contribution in [1.29, 1.82) is 0 Å². The van der Waals surface area contributed by atoms with Gasteiger partial charge in [0.1, 0.15) is 0 Å². The minimum absolute atomic E-state index is 0.0174. The summed E-state index contributed by atoms with van der Waals surface area (Å²) in [5.41, 5.74) is -0.403. The van der Waals surface area contributed by atoms with E-state index in [1.54, 1.807) is 0 Å². The first-order valence-electron chi connectivity index (χ1n) is 6.62. The molecule has 4 heteroatoms. The Bertz CT molecular complexity index is 281. The number of aliphatic hydroxyl groups is 1. The van der Waals surface area contributed by atoms with Crippen LogP contribution in [0.1, 0.15) is 25.7 Å². The molecule has 2 fully saturated rings. The Morgan fingerprint density at radius 2 is 2.00 bits per heavy atom. The molecule has 0 bridgehead atoms. The minimum Gasteiger partial charge on any atom is -0.395 e. The largest absolute Gasteiger partial charge is 0.395 e. The number of hydrogen-bond donors (Lipinski definition) is 1. The molecule has 1 heterocycles. The second kappa shape index (κ2) is 4.94. The highest BCUT2D eigenvalue weighted by atomic mass is 16.3. The van der Waals surface area contributed by atoms with Gasteiger partial charge in [0.25, 0.3) is 0 Å². The molecule has 2 rings (SSSR count). The average Bonchev–Trinajstić information content (AvgIpc) is 3.12. The predicted molar refractivity (Wildman–Crippen MR) is 66.6 cm³/mol. The summed E-state index contributed by atoms with van der Waals surface area (Å²) in [6, 6.07) is 0. The molecule has 0 radical (unpaired) electrons. The number of amides is 1. The van der Waals surface area contributed by atoms with Crippen LogP contribution in [0.4, 0.5) is 0 Å². The van der Waals surface area contributed by atoms with Gasteiger partial charge in [0.2, 0.25) is 5.91 Å². The second-order valence-corrected chi connectivity index (χ2v) is 5.87. The van der Waals surface area contributed by atoms with Crippen molar-refractivity contribution in [2.75, 3.05) is 40.3 Å².